The quantitative estimate of drug-likeness (QED) is 0.586. The van der Waals surface area contributed by atoms with E-state index in [2.05, 4.69) is 15.5 Å². The van der Waals surface area contributed by atoms with Crippen LogP contribution in [0, 0.1) is 0 Å². The summed E-state index contributed by atoms with van der Waals surface area (Å²) >= 11 is 1.35. The van der Waals surface area contributed by atoms with Gasteiger partial charge in [0, 0.05) is 20.2 Å². The number of hydrogen-bond acceptors (Lipinski definition) is 6. The van der Waals surface area contributed by atoms with Crippen molar-refractivity contribution in [2.45, 2.75) is 18.6 Å². The molecule has 0 aliphatic rings. The number of nitrogens with one attached hydrogen (secondary N) is 1. The molecule has 21 heavy (non-hydrogen) atoms. The first-order valence-electron chi connectivity index (χ1n) is 6.61. The van der Waals surface area contributed by atoms with Crippen LogP contribution in [0.5, 0.6) is 0 Å². The number of hydrogen-bond donors (Lipinski definition) is 1. The van der Waals surface area contributed by atoms with Gasteiger partial charge >= 0.3 is 0 Å². The Balaban J connectivity index is 1.96. The average molecular weight is 310 g/mol. The molecular formula is C13H18N4O3S. The Kier molecular flexibility index (Phi) is 5.82. The highest BCUT2D eigenvalue weighted by atomic mass is 32.2. The Hall–Kier alpha value is -1.80. The highest BCUT2D eigenvalue weighted by Gasteiger charge is 2.15. The number of amides is 1. The summed E-state index contributed by atoms with van der Waals surface area (Å²) in [5.74, 6) is 1.58. The summed E-state index contributed by atoms with van der Waals surface area (Å²) in [6, 6.07) is 3.64. The molecule has 2 rings (SSSR count). The molecule has 0 saturated heterocycles. The van der Waals surface area contributed by atoms with E-state index in [0.29, 0.717) is 42.2 Å². The van der Waals surface area contributed by atoms with Crippen LogP contribution in [0.15, 0.2) is 28.0 Å². The van der Waals surface area contributed by atoms with Crippen molar-refractivity contribution in [1.29, 1.82) is 0 Å². The first-order chi connectivity index (χ1) is 10.3. The van der Waals surface area contributed by atoms with Crippen LogP contribution in [-0.4, -0.2) is 46.7 Å². The first-order valence-corrected chi connectivity index (χ1v) is 7.60. The molecule has 0 saturated carbocycles. The minimum absolute atomic E-state index is 0.0535. The molecule has 0 aromatic carbocycles. The molecule has 2 heterocycles. The van der Waals surface area contributed by atoms with Gasteiger partial charge in [-0.25, -0.2) is 0 Å². The fourth-order valence-electron chi connectivity index (χ4n) is 1.74. The van der Waals surface area contributed by atoms with E-state index in [9.17, 15) is 4.79 Å². The molecule has 2 aromatic heterocycles. The third-order valence-corrected chi connectivity index (χ3v) is 3.70. The predicted molar refractivity (Wildman–Crippen MR) is 79.0 cm³/mol. The van der Waals surface area contributed by atoms with Crippen molar-refractivity contribution in [3.8, 4) is 11.6 Å². The second-order valence-electron chi connectivity index (χ2n) is 4.16. The summed E-state index contributed by atoms with van der Waals surface area (Å²) in [5.41, 5.74) is 0. The number of aromatic nitrogens is 3. The number of nitrogens with zero attached hydrogens (tertiary/aromatic N) is 3. The van der Waals surface area contributed by atoms with Crippen LogP contribution in [0.25, 0.3) is 11.6 Å². The molecule has 114 valence electrons. The van der Waals surface area contributed by atoms with Gasteiger partial charge < -0.3 is 14.5 Å². The number of thioether (sulfide) groups is 1. The second kappa shape index (κ2) is 7.84. The SMILES string of the molecule is CCn1c(SCC(=O)NCCOC)nnc1-c1ccco1. The second-order valence-corrected chi connectivity index (χ2v) is 5.10. The van der Waals surface area contributed by atoms with E-state index in [1.54, 1.807) is 19.4 Å². The Bertz CT molecular complexity index is 568. The molecule has 1 amide bonds. The smallest absolute Gasteiger partial charge is 0.230 e. The normalized spacial score (nSPS) is 10.8. The lowest BCUT2D eigenvalue weighted by atomic mass is 10.4. The molecule has 0 aliphatic carbocycles. The monoisotopic (exact) mass is 310 g/mol. The summed E-state index contributed by atoms with van der Waals surface area (Å²) in [6.07, 6.45) is 1.60. The Morgan fingerprint density at radius 3 is 3.05 bits per heavy atom. The van der Waals surface area contributed by atoms with Crippen LogP contribution < -0.4 is 5.32 Å². The van der Waals surface area contributed by atoms with E-state index in [-0.39, 0.29) is 5.91 Å². The topological polar surface area (TPSA) is 82.2 Å². The molecule has 0 atom stereocenters. The zero-order valence-electron chi connectivity index (χ0n) is 12.0. The maximum Gasteiger partial charge on any atom is 0.230 e. The number of ether oxygens (including phenoxy) is 1. The van der Waals surface area contributed by atoms with E-state index in [0.717, 1.165) is 0 Å². The fourth-order valence-corrected chi connectivity index (χ4v) is 2.57. The van der Waals surface area contributed by atoms with Gasteiger partial charge in [-0.15, -0.1) is 10.2 Å². The maximum absolute atomic E-state index is 11.7. The number of carbonyl (C=O) groups excluding carboxylic acids is 1. The van der Waals surface area contributed by atoms with Crippen molar-refractivity contribution in [2.75, 3.05) is 26.0 Å². The average Bonchev–Trinajstić information content (AvgIpc) is 3.13. The van der Waals surface area contributed by atoms with Gasteiger partial charge in [0.1, 0.15) is 0 Å². The first kappa shape index (κ1) is 15.6. The number of furan rings is 1. The van der Waals surface area contributed by atoms with Crippen molar-refractivity contribution < 1.29 is 13.9 Å². The van der Waals surface area contributed by atoms with Gasteiger partial charge in [-0.2, -0.15) is 0 Å². The summed E-state index contributed by atoms with van der Waals surface area (Å²) in [6.45, 7) is 3.72. The van der Waals surface area contributed by atoms with Crippen LogP contribution >= 0.6 is 11.8 Å². The summed E-state index contributed by atoms with van der Waals surface area (Å²) < 4.78 is 12.1. The maximum atomic E-state index is 11.7. The predicted octanol–water partition coefficient (Wildman–Crippen LogP) is 1.41. The summed E-state index contributed by atoms with van der Waals surface area (Å²) in [4.78, 5) is 11.7. The lowest BCUT2D eigenvalue weighted by Crippen LogP contribution is -2.28. The Labute approximate surface area is 127 Å². The zero-order chi connectivity index (χ0) is 15.1. The highest BCUT2D eigenvalue weighted by molar-refractivity contribution is 7.99. The van der Waals surface area contributed by atoms with Crippen LogP contribution in [0.2, 0.25) is 0 Å². The van der Waals surface area contributed by atoms with Crippen molar-refractivity contribution in [2.24, 2.45) is 0 Å². The van der Waals surface area contributed by atoms with Gasteiger partial charge in [-0.05, 0) is 19.1 Å². The largest absolute Gasteiger partial charge is 0.461 e. The third kappa shape index (κ3) is 4.08. The molecule has 0 bridgehead atoms. The van der Waals surface area contributed by atoms with Gasteiger partial charge in [-0.1, -0.05) is 11.8 Å². The molecule has 2 aromatic rings. The van der Waals surface area contributed by atoms with Crippen molar-refractivity contribution in [3.05, 3.63) is 18.4 Å². The molecule has 7 nitrogen and oxygen atoms in total. The minimum Gasteiger partial charge on any atom is -0.461 e. The van der Waals surface area contributed by atoms with E-state index < -0.39 is 0 Å². The summed E-state index contributed by atoms with van der Waals surface area (Å²) in [7, 11) is 1.60. The van der Waals surface area contributed by atoms with Crippen LogP contribution in [-0.2, 0) is 16.1 Å². The van der Waals surface area contributed by atoms with E-state index in [4.69, 9.17) is 9.15 Å². The van der Waals surface area contributed by atoms with Crippen molar-refractivity contribution >= 4 is 17.7 Å². The van der Waals surface area contributed by atoms with Crippen LogP contribution in [0.3, 0.4) is 0 Å². The highest BCUT2D eigenvalue weighted by Crippen LogP contribution is 2.23. The standard InChI is InChI=1S/C13H18N4O3S/c1-3-17-12(10-5-4-7-20-10)15-16-13(17)21-9-11(18)14-6-8-19-2/h4-5,7H,3,6,8-9H2,1-2H3,(H,14,18). The number of carbonyl (C=O) groups is 1. The molecule has 0 radical (unpaired) electrons. The van der Waals surface area contributed by atoms with Gasteiger partial charge in [0.05, 0.1) is 18.6 Å². The fraction of sp³-hybridized carbons (Fsp3) is 0.462. The number of methoxy groups -OCH3 is 1. The lowest BCUT2D eigenvalue weighted by Gasteiger charge is -2.06. The van der Waals surface area contributed by atoms with Gasteiger partial charge in [0.25, 0.3) is 0 Å². The van der Waals surface area contributed by atoms with Crippen molar-refractivity contribution in [1.82, 2.24) is 20.1 Å². The molecule has 8 heteroatoms. The van der Waals surface area contributed by atoms with Crippen LogP contribution in [0.1, 0.15) is 6.92 Å². The minimum atomic E-state index is -0.0535. The molecular weight excluding hydrogens is 292 g/mol. The molecule has 0 fully saturated rings. The van der Waals surface area contributed by atoms with E-state index in [1.165, 1.54) is 11.8 Å². The van der Waals surface area contributed by atoms with Gasteiger partial charge in [0.15, 0.2) is 16.7 Å². The molecule has 0 spiro atoms. The lowest BCUT2D eigenvalue weighted by molar-refractivity contribution is -0.118. The zero-order valence-corrected chi connectivity index (χ0v) is 12.9. The molecule has 0 unspecified atom stereocenters. The van der Waals surface area contributed by atoms with Gasteiger partial charge in [-0.3, -0.25) is 9.36 Å². The molecule has 1 N–H and O–H groups in total. The van der Waals surface area contributed by atoms with Gasteiger partial charge in [0.2, 0.25) is 5.91 Å². The van der Waals surface area contributed by atoms with E-state index in [1.807, 2.05) is 17.6 Å². The summed E-state index contributed by atoms with van der Waals surface area (Å²) in [5, 5.41) is 11.7. The Morgan fingerprint density at radius 2 is 2.38 bits per heavy atom. The Morgan fingerprint density at radius 1 is 1.52 bits per heavy atom. The van der Waals surface area contributed by atoms with E-state index >= 15 is 0 Å². The molecule has 0 aliphatic heterocycles. The van der Waals surface area contributed by atoms with Crippen LogP contribution in [0.4, 0.5) is 0 Å². The van der Waals surface area contributed by atoms with Crippen molar-refractivity contribution in [3.63, 3.8) is 0 Å². The third-order valence-electron chi connectivity index (χ3n) is 2.74. The number of rotatable bonds is 8.